The van der Waals surface area contributed by atoms with Gasteiger partial charge in [-0.1, -0.05) is 13.8 Å². The van der Waals surface area contributed by atoms with Crippen LogP contribution in [0.2, 0.25) is 0 Å². The van der Waals surface area contributed by atoms with Crippen molar-refractivity contribution in [3.63, 3.8) is 0 Å². The first kappa shape index (κ1) is 8.74. The zero-order chi connectivity index (χ0) is 8.27. The zero-order valence-corrected chi connectivity index (χ0v) is 8.27. The average Bonchev–Trinajstić information content (AvgIpc) is 2.31. The van der Waals surface area contributed by atoms with Crippen LogP contribution < -0.4 is 5.32 Å². The lowest BCUT2D eigenvalue weighted by molar-refractivity contribution is 0.582. The third-order valence-corrected chi connectivity index (χ3v) is 1.70. The molecule has 0 bridgehead atoms. The third kappa shape index (κ3) is 3.03. The van der Waals surface area contributed by atoms with Gasteiger partial charge in [0.15, 0.2) is 4.73 Å². The molecule has 0 spiro atoms. The molecule has 0 aliphatic rings. The number of nitrogens with zero attached hydrogens (tertiary/aromatic N) is 1. The van der Waals surface area contributed by atoms with Gasteiger partial charge >= 0.3 is 0 Å². The van der Waals surface area contributed by atoms with Crippen molar-refractivity contribution < 1.29 is 0 Å². The van der Waals surface area contributed by atoms with E-state index >= 15 is 0 Å². The fourth-order valence-electron chi connectivity index (χ4n) is 0.736. The maximum Gasteiger partial charge on any atom is 0.174 e. The predicted molar refractivity (Wildman–Crippen MR) is 48.3 cm³/mol. The molecule has 0 amide bonds. The molecule has 0 aliphatic heterocycles. The molecular weight excluding hydrogens is 206 g/mol. The highest BCUT2D eigenvalue weighted by atomic mass is 79.9. The van der Waals surface area contributed by atoms with Crippen molar-refractivity contribution in [2.75, 3.05) is 0 Å². The van der Waals surface area contributed by atoms with E-state index in [2.05, 4.69) is 45.1 Å². The van der Waals surface area contributed by atoms with E-state index in [-0.39, 0.29) is 0 Å². The van der Waals surface area contributed by atoms with E-state index in [4.69, 9.17) is 0 Å². The maximum absolute atomic E-state index is 4.02. The quantitative estimate of drug-likeness (QED) is 0.810. The molecule has 1 aromatic heterocycles. The molecule has 62 valence electrons. The van der Waals surface area contributed by atoms with Crippen LogP contribution in [0.1, 0.15) is 19.5 Å². The van der Waals surface area contributed by atoms with E-state index in [1.54, 1.807) is 0 Å². The summed E-state index contributed by atoms with van der Waals surface area (Å²) in [6, 6.07) is 0.511. The Morgan fingerprint density at radius 3 is 2.91 bits per heavy atom. The Bertz CT molecular complexity index is 219. The molecule has 3 nitrogen and oxygen atoms in total. The first-order valence-electron chi connectivity index (χ1n) is 3.61. The van der Waals surface area contributed by atoms with Crippen LogP contribution >= 0.6 is 15.9 Å². The zero-order valence-electron chi connectivity index (χ0n) is 6.69. The van der Waals surface area contributed by atoms with Crippen LogP contribution in [0.5, 0.6) is 0 Å². The number of rotatable bonds is 3. The topological polar surface area (TPSA) is 40.7 Å². The van der Waals surface area contributed by atoms with Gasteiger partial charge in [0.25, 0.3) is 0 Å². The van der Waals surface area contributed by atoms with Gasteiger partial charge in [0.05, 0.1) is 6.20 Å². The van der Waals surface area contributed by atoms with Gasteiger partial charge in [-0.3, -0.25) is 0 Å². The molecule has 1 heterocycles. The van der Waals surface area contributed by atoms with Gasteiger partial charge < -0.3 is 10.3 Å². The van der Waals surface area contributed by atoms with Crippen molar-refractivity contribution in [1.29, 1.82) is 0 Å². The van der Waals surface area contributed by atoms with E-state index in [1.807, 2.05) is 6.20 Å². The van der Waals surface area contributed by atoms with Gasteiger partial charge in [-0.05, 0) is 15.9 Å². The second-order valence-corrected chi connectivity index (χ2v) is 3.49. The molecule has 0 saturated carbocycles. The molecule has 0 fully saturated rings. The summed E-state index contributed by atoms with van der Waals surface area (Å²) in [5, 5.41) is 3.28. The van der Waals surface area contributed by atoms with Crippen molar-refractivity contribution in [3.8, 4) is 0 Å². The summed E-state index contributed by atoms with van der Waals surface area (Å²) in [4.78, 5) is 7.09. The molecule has 0 unspecified atom stereocenters. The molecule has 1 rings (SSSR count). The van der Waals surface area contributed by atoms with Gasteiger partial charge in [-0.2, -0.15) is 0 Å². The molecular formula is C7H12BrN3. The summed E-state index contributed by atoms with van der Waals surface area (Å²) in [5.74, 6) is 0. The summed E-state index contributed by atoms with van der Waals surface area (Å²) in [7, 11) is 0. The minimum Gasteiger partial charge on any atom is -0.335 e. The number of hydrogen-bond acceptors (Lipinski definition) is 2. The SMILES string of the molecule is CC(C)NCc1cnc(Br)[nH]1. The monoisotopic (exact) mass is 217 g/mol. The first-order valence-corrected chi connectivity index (χ1v) is 4.40. The summed E-state index contributed by atoms with van der Waals surface area (Å²) >= 11 is 3.24. The second-order valence-electron chi connectivity index (χ2n) is 2.73. The Morgan fingerprint density at radius 2 is 2.45 bits per heavy atom. The fourth-order valence-corrected chi connectivity index (χ4v) is 1.09. The van der Waals surface area contributed by atoms with Crippen molar-refractivity contribution >= 4 is 15.9 Å². The molecule has 4 heteroatoms. The van der Waals surface area contributed by atoms with Gasteiger partial charge in [0.2, 0.25) is 0 Å². The molecule has 11 heavy (non-hydrogen) atoms. The van der Waals surface area contributed by atoms with Crippen LogP contribution in [0.25, 0.3) is 0 Å². The number of aromatic nitrogens is 2. The number of imidazole rings is 1. The molecule has 0 aliphatic carbocycles. The average molecular weight is 218 g/mol. The van der Waals surface area contributed by atoms with E-state index < -0.39 is 0 Å². The largest absolute Gasteiger partial charge is 0.335 e. The Morgan fingerprint density at radius 1 is 1.73 bits per heavy atom. The van der Waals surface area contributed by atoms with Crippen LogP contribution in [0.15, 0.2) is 10.9 Å². The number of H-pyrrole nitrogens is 1. The van der Waals surface area contributed by atoms with E-state index in [1.165, 1.54) is 0 Å². The summed E-state index contributed by atoms with van der Waals surface area (Å²) < 4.78 is 0.790. The lowest BCUT2D eigenvalue weighted by Crippen LogP contribution is -2.21. The van der Waals surface area contributed by atoms with Gasteiger partial charge in [0, 0.05) is 18.3 Å². The third-order valence-electron chi connectivity index (χ3n) is 1.30. The van der Waals surface area contributed by atoms with E-state index in [9.17, 15) is 0 Å². The van der Waals surface area contributed by atoms with Crippen molar-refractivity contribution in [1.82, 2.24) is 15.3 Å². The summed E-state index contributed by atoms with van der Waals surface area (Å²) in [6.07, 6.45) is 1.82. The molecule has 0 radical (unpaired) electrons. The van der Waals surface area contributed by atoms with Crippen LogP contribution in [-0.2, 0) is 6.54 Å². The number of nitrogens with one attached hydrogen (secondary N) is 2. The first-order chi connectivity index (χ1) is 5.18. The van der Waals surface area contributed by atoms with Crippen LogP contribution in [0.3, 0.4) is 0 Å². The highest BCUT2D eigenvalue weighted by Crippen LogP contribution is 2.03. The smallest absolute Gasteiger partial charge is 0.174 e. The van der Waals surface area contributed by atoms with Crippen molar-refractivity contribution in [2.45, 2.75) is 26.4 Å². The predicted octanol–water partition coefficient (Wildman–Crippen LogP) is 1.67. The molecule has 2 N–H and O–H groups in total. The Kier molecular flexibility index (Phi) is 3.08. The fraction of sp³-hybridized carbons (Fsp3) is 0.571. The van der Waals surface area contributed by atoms with Gasteiger partial charge in [-0.25, -0.2) is 4.98 Å². The highest BCUT2D eigenvalue weighted by Gasteiger charge is 1.97. The van der Waals surface area contributed by atoms with Gasteiger partial charge in [-0.15, -0.1) is 0 Å². The standard InChI is InChI=1S/C7H12BrN3/c1-5(2)9-3-6-4-10-7(8)11-6/h4-5,9H,3H2,1-2H3,(H,10,11). The lowest BCUT2D eigenvalue weighted by Gasteiger charge is -2.04. The number of hydrogen-bond donors (Lipinski definition) is 2. The normalized spacial score (nSPS) is 10.9. The summed E-state index contributed by atoms with van der Waals surface area (Å²) in [6.45, 7) is 5.08. The molecule has 0 atom stereocenters. The Hall–Kier alpha value is -0.350. The molecule has 0 aromatic carbocycles. The minimum absolute atomic E-state index is 0.511. The van der Waals surface area contributed by atoms with E-state index in [0.29, 0.717) is 6.04 Å². The van der Waals surface area contributed by atoms with Crippen LogP contribution in [0, 0.1) is 0 Å². The number of aromatic amines is 1. The van der Waals surface area contributed by atoms with Gasteiger partial charge in [0.1, 0.15) is 0 Å². The maximum atomic E-state index is 4.02. The number of halogens is 1. The second kappa shape index (κ2) is 3.88. The van der Waals surface area contributed by atoms with Crippen LogP contribution in [0.4, 0.5) is 0 Å². The minimum atomic E-state index is 0.511. The summed E-state index contributed by atoms with van der Waals surface area (Å²) in [5.41, 5.74) is 1.10. The van der Waals surface area contributed by atoms with E-state index in [0.717, 1.165) is 17.0 Å². The Balaban J connectivity index is 2.39. The molecule has 1 aromatic rings. The Labute approximate surface area is 74.7 Å². The van der Waals surface area contributed by atoms with Crippen LogP contribution in [-0.4, -0.2) is 16.0 Å². The molecule has 0 saturated heterocycles. The lowest BCUT2D eigenvalue weighted by atomic mass is 10.4. The highest BCUT2D eigenvalue weighted by molar-refractivity contribution is 9.10. The van der Waals surface area contributed by atoms with Crippen molar-refractivity contribution in [2.24, 2.45) is 0 Å². The van der Waals surface area contributed by atoms with Crippen molar-refractivity contribution in [3.05, 3.63) is 16.6 Å².